The molecule has 0 unspecified atom stereocenters. The highest BCUT2D eigenvalue weighted by molar-refractivity contribution is 6.04. The van der Waals surface area contributed by atoms with Crippen molar-refractivity contribution in [3.8, 4) is 0 Å². The van der Waals surface area contributed by atoms with Crippen molar-refractivity contribution < 1.29 is 28.7 Å². The first kappa shape index (κ1) is 20.9. The number of rotatable bonds is 7. The Morgan fingerprint density at radius 1 is 0.857 bits per heavy atom. The van der Waals surface area contributed by atoms with E-state index in [9.17, 15) is 19.2 Å². The van der Waals surface area contributed by atoms with Gasteiger partial charge in [0.15, 0.2) is 0 Å². The van der Waals surface area contributed by atoms with Gasteiger partial charge in [-0.05, 0) is 43.0 Å². The van der Waals surface area contributed by atoms with Gasteiger partial charge in [-0.2, -0.15) is 0 Å². The van der Waals surface area contributed by atoms with Crippen LogP contribution in [0.2, 0.25) is 0 Å². The van der Waals surface area contributed by atoms with E-state index in [0.717, 1.165) is 37.1 Å². The fourth-order valence-corrected chi connectivity index (χ4v) is 2.49. The fourth-order valence-electron chi connectivity index (χ4n) is 2.49. The quantitative estimate of drug-likeness (QED) is 0.549. The maximum Gasteiger partial charge on any atom is 0.331 e. The SMILES string of the molecule is COC(=O)/C=C\C(=O)Nc1ccc(NC(=O)/C=C\C(=O)OC2CC(C)C2)cc1. The van der Waals surface area contributed by atoms with Crippen LogP contribution in [0, 0.1) is 5.92 Å². The molecule has 0 spiro atoms. The molecule has 0 atom stereocenters. The van der Waals surface area contributed by atoms with Crippen LogP contribution >= 0.6 is 0 Å². The molecule has 1 aliphatic carbocycles. The zero-order chi connectivity index (χ0) is 20.5. The normalized spacial score (nSPS) is 18.4. The molecule has 1 aromatic carbocycles. The van der Waals surface area contributed by atoms with E-state index in [1.807, 2.05) is 0 Å². The molecular formula is C20H22N2O6. The van der Waals surface area contributed by atoms with Crippen LogP contribution in [0.5, 0.6) is 0 Å². The molecule has 0 heterocycles. The van der Waals surface area contributed by atoms with Crippen molar-refractivity contribution in [2.75, 3.05) is 17.7 Å². The lowest BCUT2D eigenvalue weighted by atomic mass is 9.84. The smallest absolute Gasteiger partial charge is 0.331 e. The van der Waals surface area contributed by atoms with Gasteiger partial charge in [0.05, 0.1) is 7.11 Å². The Bertz CT molecular complexity index is 791. The summed E-state index contributed by atoms with van der Waals surface area (Å²) in [4.78, 5) is 46.0. The summed E-state index contributed by atoms with van der Waals surface area (Å²) in [6, 6.07) is 6.32. The van der Waals surface area contributed by atoms with Crippen LogP contribution in [0.15, 0.2) is 48.6 Å². The number of nitrogens with one attached hydrogen (secondary N) is 2. The number of hydrogen-bond donors (Lipinski definition) is 2. The number of carbonyl (C=O) groups excluding carboxylic acids is 4. The second kappa shape index (κ2) is 10.1. The van der Waals surface area contributed by atoms with Crippen LogP contribution in [-0.2, 0) is 28.7 Å². The predicted molar refractivity (Wildman–Crippen MR) is 102 cm³/mol. The molecule has 1 saturated carbocycles. The van der Waals surface area contributed by atoms with Crippen LogP contribution in [0.3, 0.4) is 0 Å². The summed E-state index contributed by atoms with van der Waals surface area (Å²) in [5.74, 6) is -1.57. The van der Waals surface area contributed by atoms with Crippen molar-refractivity contribution in [1.29, 1.82) is 0 Å². The van der Waals surface area contributed by atoms with Gasteiger partial charge in [0.1, 0.15) is 6.10 Å². The van der Waals surface area contributed by atoms with E-state index in [1.54, 1.807) is 24.3 Å². The average molecular weight is 386 g/mol. The van der Waals surface area contributed by atoms with Gasteiger partial charge >= 0.3 is 11.9 Å². The maximum absolute atomic E-state index is 11.9. The standard InChI is InChI=1S/C20H22N2O6/c1-13-11-16(12-13)28-20(26)10-8-18(24)22-15-5-3-14(4-6-15)21-17(23)7-9-19(25)27-2/h3-10,13,16H,11-12H2,1-2H3,(H,21,23)(H,22,24)/b9-7-,10-8-. The molecular weight excluding hydrogens is 364 g/mol. The highest BCUT2D eigenvalue weighted by atomic mass is 16.5. The summed E-state index contributed by atoms with van der Waals surface area (Å²) in [5, 5.41) is 5.15. The Kier molecular flexibility index (Phi) is 7.50. The van der Waals surface area contributed by atoms with Gasteiger partial charge in [0.25, 0.3) is 0 Å². The zero-order valence-electron chi connectivity index (χ0n) is 15.6. The zero-order valence-corrected chi connectivity index (χ0v) is 15.6. The molecule has 0 aromatic heterocycles. The summed E-state index contributed by atoms with van der Waals surface area (Å²) < 4.78 is 9.56. The summed E-state index contributed by atoms with van der Waals surface area (Å²) >= 11 is 0. The fraction of sp³-hybridized carbons (Fsp3) is 0.300. The molecule has 1 fully saturated rings. The first-order chi connectivity index (χ1) is 13.4. The summed E-state index contributed by atoms with van der Waals surface area (Å²) in [7, 11) is 1.21. The van der Waals surface area contributed by atoms with Crippen molar-refractivity contribution in [3.63, 3.8) is 0 Å². The molecule has 1 aromatic rings. The number of benzene rings is 1. The van der Waals surface area contributed by atoms with E-state index in [4.69, 9.17) is 4.74 Å². The van der Waals surface area contributed by atoms with Crippen LogP contribution < -0.4 is 10.6 Å². The van der Waals surface area contributed by atoms with E-state index in [-0.39, 0.29) is 6.10 Å². The highest BCUT2D eigenvalue weighted by Crippen LogP contribution is 2.29. The van der Waals surface area contributed by atoms with Gasteiger partial charge in [-0.25, -0.2) is 9.59 Å². The minimum Gasteiger partial charge on any atom is -0.466 e. The third-order valence-corrected chi connectivity index (χ3v) is 3.98. The van der Waals surface area contributed by atoms with Crippen LogP contribution in [0.25, 0.3) is 0 Å². The van der Waals surface area contributed by atoms with Gasteiger partial charge in [-0.15, -0.1) is 0 Å². The maximum atomic E-state index is 11.9. The lowest BCUT2D eigenvalue weighted by Crippen LogP contribution is -2.31. The predicted octanol–water partition coefficient (Wildman–Crippen LogP) is 2.19. The Balaban J connectivity index is 1.78. The molecule has 2 N–H and O–H groups in total. The van der Waals surface area contributed by atoms with Crippen molar-refractivity contribution in [3.05, 3.63) is 48.6 Å². The molecule has 8 nitrogen and oxygen atoms in total. The largest absolute Gasteiger partial charge is 0.466 e. The van der Waals surface area contributed by atoms with Crippen molar-refractivity contribution >= 4 is 35.1 Å². The number of esters is 2. The van der Waals surface area contributed by atoms with Crippen molar-refractivity contribution in [2.45, 2.75) is 25.9 Å². The average Bonchev–Trinajstić information content (AvgIpc) is 2.64. The van der Waals surface area contributed by atoms with Crippen LogP contribution in [0.1, 0.15) is 19.8 Å². The second-order valence-corrected chi connectivity index (χ2v) is 6.38. The summed E-state index contributed by atoms with van der Waals surface area (Å²) in [6.45, 7) is 2.09. The van der Waals surface area contributed by atoms with Gasteiger partial charge < -0.3 is 20.1 Å². The molecule has 1 aliphatic rings. The minimum absolute atomic E-state index is 0.0552. The Labute approximate surface area is 162 Å². The van der Waals surface area contributed by atoms with Gasteiger partial charge in [-0.1, -0.05) is 6.92 Å². The number of hydrogen-bond acceptors (Lipinski definition) is 6. The number of methoxy groups -OCH3 is 1. The minimum atomic E-state index is -0.632. The van der Waals surface area contributed by atoms with E-state index >= 15 is 0 Å². The van der Waals surface area contributed by atoms with E-state index in [0.29, 0.717) is 17.3 Å². The molecule has 2 amide bonds. The number of amides is 2. The van der Waals surface area contributed by atoms with Crippen molar-refractivity contribution in [2.24, 2.45) is 5.92 Å². The molecule has 0 saturated heterocycles. The number of carbonyl (C=O) groups is 4. The summed E-state index contributed by atoms with van der Waals surface area (Å²) in [6.07, 6.45) is 5.92. The van der Waals surface area contributed by atoms with E-state index in [2.05, 4.69) is 22.3 Å². The number of ether oxygens (including phenoxy) is 2. The molecule has 2 rings (SSSR count). The first-order valence-corrected chi connectivity index (χ1v) is 8.72. The number of anilines is 2. The molecule has 0 radical (unpaired) electrons. The lowest BCUT2D eigenvalue weighted by molar-refractivity contribution is -0.149. The van der Waals surface area contributed by atoms with Gasteiger partial charge in [0, 0.05) is 35.7 Å². The highest BCUT2D eigenvalue weighted by Gasteiger charge is 2.27. The van der Waals surface area contributed by atoms with E-state index < -0.39 is 23.8 Å². The Morgan fingerprint density at radius 2 is 1.32 bits per heavy atom. The molecule has 8 heteroatoms. The third-order valence-electron chi connectivity index (χ3n) is 3.98. The molecule has 28 heavy (non-hydrogen) atoms. The van der Waals surface area contributed by atoms with Crippen molar-refractivity contribution in [1.82, 2.24) is 0 Å². The van der Waals surface area contributed by atoms with Crippen LogP contribution in [-0.4, -0.2) is 37.0 Å². The lowest BCUT2D eigenvalue weighted by Gasteiger charge is -2.31. The monoisotopic (exact) mass is 386 g/mol. The molecule has 0 aliphatic heterocycles. The Morgan fingerprint density at radius 3 is 1.75 bits per heavy atom. The van der Waals surface area contributed by atoms with Gasteiger partial charge in [0.2, 0.25) is 11.8 Å². The topological polar surface area (TPSA) is 111 Å². The summed E-state index contributed by atoms with van der Waals surface area (Å²) in [5.41, 5.74) is 0.963. The van der Waals surface area contributed by atoms with E-state index in [1.165, 1.54) is 7.11 Å². The Hall–Kier alpha value is -3.42. The molecule has 0 bridgehead atoms. The second-order valence-electron chi connectivity index (χ2n) is 6.38. The van der Waals surface area contributed by atoms with Crippen LogP contribution in [0.4, 0.5) is 11.4 Å². The third kappa shape index (κ3) is 7.06. The van der Waals surface area contributed by atoms with Gasteiger partial charge in [-0.3, -0.25) is 9.59 Å². The molecule has 148 valence electrons. The first-order valence-electron chi connectivity index (χ1n) is 8.72.